The van der Waals surface area contributed by atoms with Crippen LogP contribution in [-0.2, 0) is 43.5 Å². The maximum absolute atomic E-state index is 14.3. The van der Waals surface area contributed by atoms with Gasteiger partial charge in [-0.25, -0.2) is 13.2 Å². The monoisotopic (exact) mass is 696 g/mol. The Morgan fingerprint density at radius 2 is 1.33 bits per heavy atom. The normalized spacial score (nSPS) is 21.7. The highest BCUT2D eigenvalue weighted by molar-refractivity contribution is 5.62. The summed E-state index contributed by atoms with van der Waals surface area (Å²) in [5.74, 6) is -5.72. The molecule has 0 aliphatic carbocycles. The Morgan fingerprint density at radius 3 is 1.90 bits per heavy atom. The molecule has 51 heavy (non-hydrogen) atoms. The first-order chi connectivity index (χ1) is 24.9. The summed E-state index contributed by atoms with van der Waals surface area (Å²) in [4.78, 5) is 0. The van der Waals surface area contributed by atoms with Crippen LogP contribution in [0.3, 0.4) is 0 Å². The van der Waals surface area contributed by atoms with Gasteiger partial charge in [-0.1, -0.05) is 104 Å². The predicted octanol–water partition coefficient (Wildman–Crippen LogP) is 8.38. The van der Waals surface area contributed by atoms with Crippen LogP contribution in [0.4, 0.5) is 13.2 Å². The number of hydrogen-bond donors (Lipinski definition) is 0. The lowest BCUT2D eigenvalue weighted by molar-refractivity contribution is -0.344. The van der Waals surface area contributed by atoms with Crippen LogP contribution in [-0.4, -0.2) is 47.1 Å². The van der Waals surface area contributed by atoms with Crippen molar-refractivity contribution in [1.82, 2.24) is 9.78 Å². The first kappa shape index (κ1) is 36.0. The molecule has 1 aliphatic heterocycles. The molecule has 264 valence electrons. The van der Waals surface area contributed by atoms with Gasteiger partial charge in [-0.3, -0.25) is 4.68 Å². The summed E-state index contributed by atoms with van der Waals surface area (Å²) in [6.07, 6.45) is 3.75. The fraction of sp³-hybridized carbons (Fsp3) is 0.244. The molecule has 0 N–H and O–H groups in total. The van der Waals surface area contributed by atoms with Gasteiger partial charge in [-0.2, -0.15) is 5.10 Å². The Bertz CT molecular complexity index is 1850. The highest BCUT2D eigenvalue weighted by atomic mass is 19.2. The van der Waals surface area contributed by atoms with Gasteiger partial charge in [0, 0.05) is 11.8 Å². The van der Waals surface area contributed by atoms with E-state index in [4.69, 9.17) is 23.7 Å². The number of rotatable bonds is 16. The lowest BCUT2D eigenvalue weighted by Gasteiger charge is -2.51. The van der Waals surface area contributed by atoms with Crippen molar-refractivity contribution >= 4 is 0 Å². The van der Waals surface area contributed by atoms with Crippen LogP contribution in [0.25, 0.3) is 11.1 Å². The van der Waals surface area contributed by atoms with Gasteiger partial charge in [0.25, 0.3) is 0 Å². The minimum Gasteiger partial charge on any atom is -0.374 e. The van der Waals surface area contributed by atoms with Gasteiger partial charge in [0.2, 0.25) is 5.79 Å². The Kier molecular flexibility index (Phi) is 11.9. The molecular formula is C41H39F3N2O5. The van der Waals surface area contributed by atoms with Crippen molar-refractivity contribution in [3.8, 4) is 11.1 Å². The van der Waals surface area contributed by atoms with Crippen molar-refractivity contribution in [2.45, 2.75) is 50.0 Å². The lowest BCUT2D eigenvalue weighted by Crippen LogP contribution is -2.64. The van der Waals surface area contributed by atoms with E-state index in [0.717, 1.165) is 28.8 Å². The molecule has 2 heterocycles. The van der Waals surface area contributed by atoms with Gasteiger partial charge in [0.15, 0.2) is 17.5 Å². The average Bonchev–Trinajstić information content (AvgIpc) is 3.66. The first-order valence-electron chi connectivity index (χ1n) is 16.6. The molecule has 0 amide bonds. The van der Waals surface area contributed by atoms with Crippen LogP contribution in [0.5, 0.6) is 0 Å². The van der Waals surface area contributed by atoms with Gasteiger partial charge in [-0.15, -0.1) is 6.58 Å². The van der Waals surface area contributed by atoms with E-state index in [1.807, 2.05) is 91.0 Å². The van der Waals surface area contributed by atoms with E-state index in [1.165, 1.54) is 6.20 Å². The predicted molar refractivity (Wildman–Crippen MR) is 187 cm³/mol. The van der Waals surface area contributed by atoms with Crippen LogP contribution >= 0.6 is 0 Å². The highest BCUT2D eigenvalue weighted by Crippen LogP contribution is 2.43. The first-order valence-corrected chi connectivity index (χ1v) is 16.6. The molecule has 0 saturated carbocycles. The second-order valence-electron chi connectivity index (χ2n) is 12.1. The van der Waals surface area contributed by atoms with Crippen LogP contribution in [0.15, 0.2) is 141 Å². The maximum atomic E-state index is 14.3. The number of ether oxygens (including phenoxy) is 5. The van der Waals surface area contributed by atoms with E-state index >= 15 is 0 Å². The third-order valence-electron chi connectivity index (χ3n) is 8.63. The Balaban J connectivity index is 1.44. The van der Waals surface area contributed by atoms with E-state index in [1.54, 1.807) is 23.0 Å². The molecule has 4 aromatic carbocycles. The maximum Gasteiger partial charge on any atom is 0.217 e. The Labute approximate surface area is 295 Å². The van der Waals surface area contributed by atoms with E-state index in [2.05, 4.69) is 18.3 Å². The molecule has 5 atom stereocenters. The topological polar surface area (TPSA) is 64.0 Å². The molecule has 0 unspecified atom stereocenters. The van der Waals surface area contributed by atoms with Crippen LogP contribution in [0.1, 0.15) is 22.7 Å². The van der Waals surface area contributed by atoms with Gasteiger partial charge in [-0.05, 0) is 40.5 Å². The Morgan fingerprint density at radius 1 is 0.765 bits per heavy atom. The zero-order valence-corrected chi connectivity index (χ0v) is 28.0. The summed E-state index contributed by atoms with van der Waals surface area (Å²) in [5.41, 5.74) is 3.24. The van der Waals surface area contributed by atoms with Crippen molar-refractivity contribution < 1.29 is 36.9 Å². The second kappa shape index (κ2) is 16.9. The number of halogens is 3. The average molecular weight is 697 g/mol. The molecule has 1 fully saturated rings. The van der Waals surface area contributed by atoms with Gasteiger partial charge < -0.3 is 23.7 Å². The van der Waals surface area contributed by atoms with E-state index < -0.39 is 47.6 Å². The number of nitrogens with zero attached hydrogens (tertiary/aromatic N) is 2. The third-order valence-corrected chi connectivity index (χ3v) is 8.63. The number of benzene rings is 4. The fourth-order valence-electron chi connectivity index (χ4n) is 6.13. The minimum atomic E-state index is -1.55. The lowest BCUT2D eigenvalue weighted by atomic mass is 9.89. The van der Waals surface area contributed by atoms with Crippen LogP contribution in [0.2, 0.25) is 0 Å². The number of hydrogen-bond acceptors (Lipinski definition) is 6. The van der Waals surface area contributed by atoms with Gasteiger partial charge >= 0.3 is 0 Å². The molecule has 0 radical (unpaired) electrons. The highest BCUT2D eigenvalue weighted by Gasteiger charge is 2.57. The van der Waals surface area contributed by atoms with Gasteiger partial charge in [0.05, 0.1) is 39.2 Å². The smallest absolute Gasteiger partial charge is 0.217 e. The summed E-state index contributed by atoms with van der Waals surface area (Å²) < 4.78 is 77.1. The quantitative estimate of drug-likeness (QED) is 0.0763. The second-order valence-corrected chi connectivity index (χ2v) is 12.1. The summed E-state index contributed by atoms with van der Waals surface area (Å²) >= 11 is 0. The van der Waals surface area contributed by atoms with Gasteiger partial charge in [0.1, 0.15) is 24.4 Å². The summed E-state index contributed by atoms with van der Waals surface area (Å²) in [6.45, 7) is 8.82. The molecule has 7 nitrogen and oxygen atoms in total. The van der Waals surface area contributed by atoms with Crippen molar-refractivity contribution in [3.63, 3.8) is 0 Å². The Hall–Kier alpha value is -4.84. The largest absolute Gasteiger partial charge is 0.374 e. The van der Waals surface area contributed by atoms with E-state index in [9.17, 15) is 13.2 Å². The third kappa shape index (κ3) is 8.56. The SMILES string of the molecule is C=CCO[C@@]1(C=C)O[C@H](COCc2ccccc2)[C@H](OCc2ccccc2)[C@H](n2cc(-c3cc(F)c(F)c(F)c3)cn2)[C@H]1OCc1ccccc1. The summed E-state index contributed by atoms with van der Waals surface area (Å²) in [6, 6.07) is 30.1. The van der Waals surface area contributed by atoms with Crippen molar-refractivity contribution in [3.05, 3.63) is 175 Å². The molecule has 6 rings (SSSR count). The molecular weight excluding hydrogens is 657 g/mol. The molecule has 5 aromatic rings. The molecule has 10 heteroatoms. The zero-order valence-electron chi connectivity index (χ0n) is 28.0. The van der Waals surface area contributed by atoms with Crippen molar-refractivity contribution in [2.24, 2.45) is 0 Å². The molecule has 0 spiro atoms. The number of aromatic nitrogens is 2. The summed E-state index contributed by atoms with van der Waals surface area (Å²) in [5, 5.41) is 4.66. The minimum absolute atomic E-state index is 0.0891. The van der Waals surface area contributed by atoms with E-state index in [-0.39, 0.29) is 32.0 Å². The summed E-state index contributed by atoms with van der Waals surface area (Å²) in [7, 11) is 0. The zero-order chi connectivity index (χ0) is 35.6. The molecule has 1 saturated heterocycles. The van der Waals surface area contributed by atoms with Crippen molar-refractivity contribution in [2.75, 3.05) is 13.2 Å². The van der Waals surface area contributed by atoms with Crippen molar-refractivity contribution in [1.29, 1.82) is 0 Å². The van der Waals surface area contributed by atoms with Crippen LogP contribution in [0, 0.1) is 17.5 Å². The van der Waals surface area contributed by atoms with Crippen LogP contribution < -0.4 is 0 Å². The standard InChI is InChI=1S/C41H39F3N2O5/c1-3-20-50-41(4-2)40(49-27-31-18-12-7-13-19-31)38(46-24-33(23-45-46)32-21-34(42)37(44)35(43)22-32)39(48-26-30-16-10-6-11-17-30)36(51-41)28-47-25-29-14-8-5-9-15-29/h3-19,21-24,36,38-40H,1-2,20,25-28H2/t36-,38+,39+,40-,41+/m1/s1. The molecule has 0 bridgehead atoms. The molecule has 1 aliphatic rings. The molecule has 1 aromatic heterocycles. The van der Waals surface area contributed by atoms with E-state index in [0.29, 0.717) is 12.2 Å². The fourth-order valence-corrected chi connectivity index (χ4v) is 6.13.